The minimum Gasteiger partial charge on any atom is -0.317 e. The van der Waals surface area contributed by atoms with Gasteiger partial charge >= 0.3 is 0 Å². The first-order valence-electron chi connectivity index (χ1n) is 11.3. The van der Waals surface area contributed by atoms with Gasteiger partial charge in [0.15, 0.2) is 0 Å². The molecule has 0 radical (unpaired) electrons. The Kier molecular flexibility index (Phi) is 9.56. The van der Waals surface area contributed by atoms with E-state index >= 15 is 0 Å². The Hall–Kier alpha value is -2.87. The third-order valence-electron chi connectivity index (χ3n) is 6.03. The number of rotatable bonds is 10. The second kappa shape index (κ2) is 12.9. The summed E-state index contributed by atoms with van der Waals surface area (Å²) in [6, 6.07) is 43.5. The zero-order valence-corrected chi connectivity index (χ0v) is 19.3. The van der Waals surface area contributed by atoms with E-state index in [1.54, 1.807) is 0 Å². The molecule has 0 saturated carbocycles. The van der Waals surface area contributed by atoms with Crippen molar-refractivity contribution in [1.29, 1.82) is 0 Å². The van der Waals surface area contributed by atoms with Crippen molar-refractivity contribution in [2.75, 3.05) is 13.1 Å². The highest BCUT2D eigenvalue weighted by molar-refractivity contribution is 5.85. The Morgan fingerprint density at radius 3 is 0.906 bits per heavy atom. The van der Waals surface area contributed by atoms with Crippen molar-refractivity contribution in [2.45, 2.75) is 24.7 Å². The van der Waals surface area contributed by atoms with Gasteiger partial charge < -0.3 is 5.32 Å². The van der Waals surface area contributed by atoms with Gasteiger partial charge in [-0.05, 0) is 48.2 Å². The molecule has 4 rings (SSSR count). The van der Waals surface area contributed by atoms with E-state index in [1.807, 2.05) is 0 Å². The number of nitrogens with one attached hydrogen (secondary N) is 1. The third kappa shape index (κ3) is 6.56. The molecule has 1 N–H and O–H groups in total. The lowest BCUT2D eigenvalue weighted by Crippen LogP contribution is -2.21. The highest BCUT2D eigenvalue weighted by Crippen LogP contribution is 2.29. The van der Waals surface area contributed by atoms with Crippen LogP contribution in [-0.4, -0.2) is 13.1 Å². The number of halogens is 1. The first-order chi connectivity index (χ1) is 15.4. The molecule has 0 unspecified atom stereocenters. The lowest BCUT2D eigenvalue weighted by Gasteiger charge is -2.20. The number of hydrogen-bond donors (Lipinski definition) is 1. The molecule has 0 aliphatic rings. The van der Waals surface area contributed by atoms with E-state index in [0.717, 1.165) is 25.9 Å². The average molecular weight is 442 g/mol. The molecular weight excluding hydrogens is 410 g/mol. The monoisotopic (exact) mass is 441 g/mol. The largest absolute Gasteiger partial charge is 0.317 e. The molecule has 32 heavy (non-hydrogen) atoms. The molecule has 4 aromatic carbocycles. The summed E-state index contributed by atoms with van der Waals surface area (Å²) in [6.07, 6.45) is 2.19. The van der Waals surface area contributed by atoms with Gasteiger partial charge in [0.2, 0.25) is 0 Å². The standard InChI is InChI=1S/C30H31N.ClH/c1-5-13-25(14-6-1)29(26-15-7-2-8-16-26)21-23-31-24-22-30(27-17-9-3-10-18-27)28-19-11-4-12-20-28;/h1-20,29-31H,21-24H2;1H. The van der Waals surface area contributed by atoms with Gasteiger partial charge in [-0.25, -0.2) is 0 Å². The van der Waals surface area contributed by atoms with Gasteiger partial charge in [-0.2, -0.15) is 0 Å². The molecule has 0 atom stereocenters. The smallest absolute Gasteiger partial charge is 0.0101 e. The van der Waals surface area contributed by atoms with E-state index in [2.05, 4.69) is 127 Å². The van der Waals surface area contributed by atoms with Gasteiger partial charge in [0.05, 0.1) is 0 Å². The Morgan fingerprint density at radius 1 is 0.406 bits per heavy atom. The Bertz CT molecular complexity index is 840. The van der Waals surface area contributed by atoms with Crippen molar-refractivity contribution >= 4 is 12.4 Å². The van der Waals surface area contributed by atoms with E-state index in [0.29, 0.717) is 11.8 Å². The van der Waals surface area contributed by atoms with E-state index in [-0.39, 0.29) is 12.4 Å². The molecular formula is C30H32ClN. The summed E-state index contributed by atoms with van der Waals surface area (Å²) in [5, 5.41) is 3.73. The average Bonchev–Trinajstić information content (AvgIpc) is 2.86. The van der Waals surface area contributed by atoms with Crippen molar-refractivity contribution in [3.63, 3.8) is 0 Å². The molecule has 0 bridgehead atoms. The van der Waals surface area contributed by atoms with Crippen LogP contribution in [0.4, 0.5) is 0 Å². The number of benzene rings is 4. The molecule has 0 aliphatic heterocycles. The number of hydrogen-bond acceptors (Lipinski definition) is 1. The highest BCUT2D eigenvalue weighted by Gasteiger charge is 2.15. The van der Waals surface area contributed by atoms with Crippen LogP contribution < -0.4 is 5.32 Å². The zero-order chi connectivity index (χ0) is 21.1. The molecule has 0 spiro atoms. The minimum atomic E-state index is 0. The SMILES string of the molecule is Cl.c1ccc(C(CCNCCC(c2ccccc2)c2ccccc2)c2ccccc2)cc1. The van der Waals surface area contributed by atoms with Crippen molar-refractivity contribution in [1.82, 2.24) is 5.32 Å². The fourth-order valence-electron chi connectivity index (χ4n) is 4.41. The fourth-order valence-corrected chi connectivity index (χ4v) is 4.41. The Balaban J connectivity index is 0.00000289. The molecule has 0 aromatic heterocycles. The quantitative estimate of drug-likeness (QED) is 0.252. The van der Waals surface area contributed by atoms with E-state index in [1.165, 1.54) is 22.3 Å². The van der Waals surface area contributed by atoms with Crippen LogP contribution in [0.15, 0.2) is 121 Å². The molecule has 0 amide bonds. The maximum Gasteiger partial charge on any atom is 0.0101 e. The van der Waals surface area contributed by atoms with Gasteiger partial charge in [-0.3, -0.25) is 0 Å². The topological polar surface area (TPSA) is 12.0 Å². The van der Waals surface area contributed by atoms with E-state index < -0.39 is 0 Å². The Labute approximate surface area is 198 Å². The van der Waals surface area contributed by atoms with Crippen LogP contribution in [0.5, 0.6) is 0 Å². The highest BCUT2D eigenvalue weighted by atomic mass is 35.5. The van der Waals surface area contributed by atoms with Gasteiger partial charge in [-0.1, -0.05) is 121 Å². The summed E-state index contributed by atoms with van der Waals surface area (Å²) in [5.74, 6) is 0.850. The van der Waals surface area contributed by atoms with Gasteiger partial charge in [-0.15, -0.1) is 12.4 Å². The molecule has 164 valence electrons. The fraction of sp³-hybridized carbons (Fsp3) is 0.200. The van der Waals surface area contributed by atoms with Crippen molar-refractivity contribution in [3.05, 3.63) is 144 Å². The van der Waals surface area contributed by atoms with E-state index in [4.69, 9.17) is 0 Å². The van der Waals surface area contributed by atoms with Crippen LogP contribution in [0.3, 0.4) is 0 Å². The lowest BCUT2D eigenvalue weighted by molar-refractivity contribution is 0.575. The van der Waals surface area contributed by atoms with Crippen molar-refractivity contribution in [3.8, 4) is 0 Å². The molecule has 0 heterocycles. The van der Waals surface area contributed by atoms with Crippen LogP contribution >= 0.6 is 12.4 Å². The van der Waals surface area contributed by atoms with Gasteiger partial charge in [0.25, 0.3) is 0 Å². The Morgan fingerprint density at radius 2 is 0.656 bits per heavy atom. The molecule has 0 saturated heterocycles. The normalized spacial score (nSPS) is 10.8. The molecule has 1 nitrogen and oxygen atoms in total. The predicted octanol–water partition coefficient (Wildman–Crippen LogP) is 7.44. The third-order valence-corrected chi connectivity index (χ3v) is 6.03. The van der Waals surface area contributed by atoms with Crippen LogP contribution in [0.1, 0.15) is 46.9 Å². The van der Waals surface area contributed by atoms with Crippen LogP contribution in [0.25, 0.3) is 0 Å². The minimum absolute atomic E-state index is 0. The van der Waals surface area contributed by atoms with Crippen LogP contribution in [-0.2, 0) is 0 Å². The summed E-state index contributed by atoms with van der Waals surface area (Å²) in [4.78, 5) is 0. The summed E-state index contributed by atoms with van der Waals surface area (Å²) >= 11 is 0. The van der Waals surface area contributed by atoms with Crippen LogP contribution in [0.2, 0.25) is 0 Å². The summed E-state index contributed by atoms with van der Waals surface area (Å²) < 4.78 is 0. The second-order valence-electron chi connectivity index (χ2n) is 8.08. The summed E-state index contributed by atoms with van der Waals surface area (Å²) in [7, 11) is 0. The first-order valence-corrected chi connectivity index (χ1v) is 11.3. The summed E-state index contributed by atoms with van der Waals surface area (Å²) in [6.45, 7) is 2.01. The van der Waals surface area contributed by atoms with Crippen molar-refractivity contribution < 1.29 is 0 Å². The van der Waals surface area contributed by atoms with Gasteiger partial charge in [0, 0.05) is 11.8 Å². The molecule has 0 aliphatic carbocycles. The molecule has 2 heteroatoms. The predicted molar refractivity (Wildman–Crippen MR) is 139 cm³/mol. The summed E-state index contributed by atoms with van der Waals surface area (Å²) in [5.41, 5.74) is 5.56. The van der Waals surface area contributed by atoms with Crippen molar-refractivity contribution in [2.24, 2.45) is 0 Å². The van der Waals surface area contributed by atoms with E-state index in [9.17, 15) is 0 Å². The molecule has 4 aromatic rings. The first kappa shape index (κ1) is 23.8. The van der Waals surface area contributed by atoms with Crippen LogP contribution in [0, 0.1) is 0 Å². The maximum atomic E-state index is 3.73. The molecule has 0 fully saturated rings. The maximum absolute atomic E-state index is 3.73. The van der Waals surface area contributed by atoms with Gasteiger partial charge in [0.1, 0.15) is 0 Å². The second-order valence-corrected chi connectivity index (χ2v) is 8.08. The lowest BCUT2D eigenvalue weighted by atomic mass is 9.88. The zero-order valence-electron chi connectivity index (χ0n) is 18.4.